The Balaban J connectivity index is 2.03. The van der Waals surface area contributed by atoms with Gasteiger partial charge >= 0.3 is 23.9 Å². The van der Waals surface area contributed by atoms with Crippen molar-refractivity contribution in [2.45, 2.75) is 65.3 Å². The van der Waals surface area contributed by atoms with E-state index < -0.39 is 54.6 Å². The van der Waals surface area contributed by atoms with Crippen LogP contribution in [-0.2, 0) is 42.9 Å². The topological polar surface area (TPSA) is 163 Å². The molecule has 0 aliphatic carbocycles. The number of carbonyl (C=O) groups excluding carboxylic acids is 4. The molecule has 5 atom stereocenters. The van der Waals surface area contributed by atoms with Gasteiger partial charge in [0.2, 0.25) is 12.4 Å². The number of aromatic nitrogens is 2. The summed E-state index contributed by atoms with van der Waals surface area (Å²) in [5, 5.41) is 3.77. The predicted molar refractivity (Wildman–Crippen MR) is 117 cm³/mol. The minimum absolute atomic E-state index is 0.161. The van der Waals surface area contributed by atoms with Gasteiger partial charge in [0, 0.05) is 27.7 Å². The second kappa shape index (κ2) is 11.6. The minimum Gasteiger partial charge on any atom is -0.463 e. The molecule has 194 valence electrons. The molecule has 2 heterocycles. The van der Waals surface area contributed by atoms with Crippen LogP contribution in [0.2, 0.25) is 0 Å². The molecule has 2 aromatic rings. The standard InChI is InChI=1S/C23H26N2O11/c1-11-24-22(36-25-11)16-8-6-7-9-17(16)34-23-21(33-15(5)29)20(32-14(4)28)19(31-13(3)27)18(35-23)10-30-12(2)26/h6-9,18-21,23H,10H2,1-5H3. The van der Waals surface area contributed by atoms with E-state index in [0.29, 0.717) is 11.4 Å². The molecule has 1 aliphatic rings. The zero-order valence-electron chi connectivity index (χ0n) is 20.3. The summed E-state index contributed by atoms with van der Waals surface area (Å²) in [5.41, 5.74) is 0.408. The van der Waals surface area contributed by atoms with Crippen molar-refractivity contribution in [1.82, 2.24) is 10.1 Å². The first-order valence-corrected chi connectivity index (χ1v) is 10.9. The molecule has 0 bridgehead atoms. The molecule has 3 rings (SSSR count). The van der Waals surface area contributed by atoms with Crippen molar-refractivity contribution in [3.63, 3.8) is 0 Å². The third kappa shape index (κ3) is 6.78. The van der Waals surface area contributed by atoms with Crippen LogP contribution in [0.5, 0.6) is 5.75 Å². The fraction of sp³-hybridized carbons (Fsp3) is 0.478. The Bertz CT molecular complexity index is 1110. The maximum Gasteiger partial charge on any atom is 0.303 e. The number of aryl methyl sites for hydroxylation is 1. The van der Waals surface area contributed by atoms with E-state index in [1.807, 2.05) is 0 Å². The van der Waals surface area contributed by atoms with Gasteiger partial charge in [0.1, 0.15) is 18.5 Å². The molecular formula is C23H26N2O11. The summed E-state index contributed by atoms with van der Waals surface area (Å²) in [6, 6.07) is 6.64. The van der Waals surface area contributed by atoms with Gasteiger partial charge in [-0.25, -0.2) is 0 Å². The maximum atomic E-state index is 12.0. The van der Waals surface area contributed by atoms with Crippen LogP contribution in [-0.4, -0.2) is 71.3 Å². The van der Waals surface area contributed by atoms with E-state index in [1.54, 1.807) is 31.2 Å². The summed E-state index contributed by atoms with van der Waals surface area (Å²) in [7, 11) is 0. The van der Waals surface area contributed by atoms with E-state index in [0.717, 1.165) is 20.8 Å². The molecule has 13 heteroatoms. The summed E-state index contributed by atoms with van der Waals surface area (Å²) in [6.45, 7) is 5.88. The van der Waals surface area contributed by atoms with Gasteiger partial charge in [-0.2, -0.15) is 4.98 Å². The Morgan fingerprint density at radius 3 is 2.06 bits per heavy atom. The molecule has 1 fully saturated rings. The number of benzene rings is 1. The highest BCUT2D eigenvalue weighted by atomic mass is 16.7. The van der Waals surface area contributed by atoms with E-state index in [1.165, 1.54) is 6.92 Å². The molecule has 1 saturated heterocycles. The lowest BCUT2D eigenvalue weighted by atomic mass is 9.98. The number of hydrogen-bond donors (Lipinski definition) is 0. The highest BCUT2D eigenvalue weighted by Gasteiger charge is 2.53. The normalized spacial score (nSPS) is 23.3. The monoisotopic (exact) mass is 506 g/mol. The van der Waals surface area contributed by atoms with Gasteiger partial charge in [0.15, 0.2) is 18.0 Å². The highest BCUT2D eigenvalue weighted by Crippen LogP contribution is 2.34. The number of esters is 4. The summed E-state index contributed by atoms with van der Waals surface area (Å²) in [5.74, 6) is -2.08. The lowest BCUT2D eigenvalue weighted by Gasteiger charge is -2.44. The molecule has 1 aromatic heterocycles. The average molecular weight is 506 g/mol. The molecule has 0 amide bonds. The second-order valence-electron chi connectivity index (χ2n) is 7.83. The number of ether oxygens (including phenoxy) is 6. The first-order valence-electron chi connectivity index (χ1n) is 10.9. The first-order chi connectivity index (χ1) is 17.0. The molecule has 13 nitrogen and oxygen atoms in total. The van der Waals surface area contributed by atoms with Crippen LogP contribution in [0, 0.1) is 6.92 Å². The van der Waals surface area contributed by atoms with E-state index in [-0.39, 0.29) is 18.2 Å². The predicted octanol–water partition coefficient (Wildman–Crippen LogP) is 1.51. The van der Waals surface area contributed by atoms with Crippen molar-refractivity contribution >= 4 is 23.9 Å². The molecule has 0 radical (unpaired) electrons. The lowest BCUT2D eigenvalue weighted by Crippen LogP contribution is -2.63. The summed E-state index contributed by atoms with van der Waals surface area (Å²) >= 11 is 0. The van der Waals surface area contributed by atoms with E-state index in [9.17, 15) is 19.2 Å². The lowest BCUT2D eigenvalue weighted by molar-refractivity contribution is -0.288. The Labute approximate surface area is 205 Å². The van der Waals surface area contributed by atoms with Crippen LogP contribution in [0.1, 0.15) is 33.5 Å². The van der Waals surface area contributed by atoms with E-state index in [2.05, 4.69) is 10.1 Å². The Hall–Kier alpha value is -4.00. The van der Waals surface area contributed by atoms with Crippen LogP contribution >= 0.6 is 0 Å². The van der Waals surface area contributed by atoms with Gasteiger partial charge in [-0.3, -0.25) is 19.2 Å². The Kier molecular flexibility index (Phi) is 8.59. The first kappa shape index (κ1) is 26.6. The van der Waals surface area contributed by atoms with Crippen molar-refractivity contribution in [3.8, 4) is 17.2 Å². The SMILES string of the molecule is CC(=O)OCC1OC(Oc2ccccc2-c2nc(C)no2)C(OC(C)=O)C(OC(C)=O)C1OC(C)=O. The fourth-order valence-corrected chi connectivity index (χ4v) is 3.56. The molecule has 36 heavy (non-hydrogen) atoms. The maximum absolute atomic E-state index is 12.0. The summed E-state index contributed by atoms with van der Waals surface area (Å²) in [4.78, 5) is 51.4. The van der Waals surface area contributed by atoms with Gasteiger partial charge < -0.3 is 32.9 Å². The third-order valence-electron chi connectivity index (χ3n) is 4.84. The van der Waals surface area contributed by atoms with Crippen LogP contribution < -0.4 is 4.74 Å². The van der Waals surface area contributed by atoms with Crippen LogP contribution in [0.4, 0.5) is 0 Å². The molecular weight excluding hydrogens is 480 g/mol. The Morgan fingerprint density at radius 2 is 1.47 bits per heavy atom. The molecule has 1 aliphatic heterocycles. The van der Waals surface area contributed by atoms with Crippen LogP contribution in [0.3, 0.4) is 0 Å². The van der Waals surface area contributed by atoms with E-state index >= 15 is 0 Å². The number of carbonyl (C=O) groups is 4. The zero-order chi connectivity index (χ0) is 26.4. The zero-order valence-corrected chi connectivity index (χ0v) is 20.3. The van der Waals surface area contributed by atoms with Crippen molar-refractivity contribution in [2.24, 2.45) is 0 Å². The minimum atomic E-state index is -1.39. The molecule has 1 aromatic carbocycles. The van der Waals surface area contributed by atoms with Gasteiger partial charge in [-0.05, 0) is 19.1 Å². The van der Waals surface area contributed by atoms with Crippen molar-refractivity contribution in [3.05, 3.63) is 30.1 Å². The number of nitrogens with zero attached hydrogens (tertiary/aromatic N) is 2. The van der Waals surface area contributed by atoms with Gasteiger partial charge in [-0.1, -0.05) is 17.3 Å². The van der Waals surface area contributed by atoms with Crippen molar-refractivity contribution < 1.29 is 52.1 Å². The quantitative estimate of drug-likeness (QED) is 0.374. The largest absolute Gasteiger partial charge is 0.463 e. The number of rotatable bonds is 8. The number of hydrogen-bond acceptors (Lipinski definition) is 13. The molecule has 0 spiro atoms. The Morgan fingerprint density at radius 1 is 0.861 bits per heavy atom. The van der Waals surface area contributed by atoms with E-state index in [4.69, 9.17) is 32.9 Å². The smallest absolute Gasteiger partial charge is 0.303 e. The third-order valence-corrected chi connectivity index (χ3v) is 4.84. The second-order valence-corrected chi connectivity index (χ2v) is 7.83. The molecule has 0 saturated carbocycles. The summed E-state index contributed by atoms with van der Waals surface area (Å²) in [6.07, 6.45) is -6.55. The fourth-order valence-electron chi connectivity index (χ4n) is 3.56. The summed E-state index contributed by atoms with van der Waals surface area (Å²) < 4.78 is 38.5. The van der Waals surface area contributed by atoms with Crippen molar-refractivity contribution in [2.75, 3.05) is 6.61 Å². The highest BCUT2D eigenvalue weighted by molar-refractivity contribution is 5.69. The van der Waals surface area contributed by atoms with Gasteiger partial charge in [-0.15, -0.1) is 0 Å². The van der Waals surface area contributed by atoms with Crippen LogP contribution in [0.25, 0.3) is 11.5 Å². The van der Waals surface area contributed by atoms with Crippen LogP contribution in [0.15, 0.2) is 28.8 Å². The average Bonchev–Trinajstić information content (AvgIpc) is 3.22. The van der Waals surface area contributed by atoms with Gasteiger partial charge in [0.05, 0.1) is 5.56 Å². The van der Waals surface area contributed by atoms with Gasteiger partial charge in [0.25, 0.3) is 5.89 Å². The molecule has 0 N–H and O–H groups in total. The molecule has 5 unspecified atom stereocenters. The number of para-hydroxylation sites is 1. The van der Waals surface area contributed by atoms with Crippen molar-refractivity contribution in [1.29, 1.82) is 0 Å².